The van der Waals surface area contributed by atoms with Crippen LogP contribution in [0.15, 0.2) is 33.9 Å². The Morgan fingerprint density at radius 2 is 1.93 bits per heavy atom. The Labute approximate surface area is 171 Å². The van der Waals surface area contributed by atoms with E-state index in [0.717, 1.165) is 10.3 Å². The van der Waals surface area contributed by atoms with Crippen LogP contribution in [0.25, 0.3) is 11.2 Å². The van der Waals surface area contributed by atoms with Crippen LogP contribution in [0.3, 0.4) is 0 Å². The molecule has 0 saturated heterocycles. The van der Waals surface area contributed by atoms with Crippen LogP contribution >= 0.6 is 0 Å². The Morgan fingerprint density at radius 1 is 1.20 bits per heavy atom. The lowest BCUT2D eigenvalue weighted by Crippen LogP contribution is -2.42. The second-order valence-electron chi connectivity index (χ2n) is 7.39. The SMILES string of the molecule is COC(=O)Cn1c(=O)c2c(nc3n2CC(C)CN3c2ccccc2OC)n(C)c1=O. The van der Waals surface area contributed by atoms with Crippen LogP contribution in [-0.4, -0.2) is 45.4 Å². The predicted octanol–water partition coefficient (Wildman–Crippen LogP) is 0.866. The van der Waals surface area contributed by atoms with Crippen LogP contribution in [0.1, 0.15) is 6.92 Å². The summed E-state index contributed by atoms with van der Waals surface area (Å²) in [4.78, 5) is 44.3. The fraction of sp³-hybridized carbons (Fsp3) is 0.400. The molecule has 1 atom stereocenters. The highest BCUT2D eigenvalue weighted by Crippen LogP contribution is 2.37. The Kier molecular flexibility index (Phi) is 4.84. The van der Waals surface area contributed by atoms with Crippen molar-refractivity contribution in [3.63, 3.8) is 0 Å². The van der Waals surface area contributed by atoms with Crippen LogP contribution in [0.4, 0.5) is 11.6 Å². The van der Waals surface area contributed by atoms with E-state index in [4.69, 9.17) is 4.74 Å². The first kappa shape index (κ1) is 19.7. The summed E-state index contributed by atoms with van der Waals surface area (Å²) in [6.07, 6.45) is 0. The predicted molar refractivity (Wildman–Crippen MR) is 110 cm³/mol. The van der Waals surface area contributed by atoms with Gasteiger partial charge >= 0.3 is 11.7 Å². The molecule has 30 heavy (non-hydrogen) atoms. The van der Waals surface area contributed by atoms with Gasteiger partial charge in [0.15, 0.2) is 11.2 Å². The molecule has 0 aliphatic carbocycles. The number of esters is 1. The lowest BCUT2D eigenvalue weighted by atomic mass is 10.1. The molecule has 0 amide bonds. The zero-order valence-electron chi connectivity index (χ0n) is 17.3. The highest BCUT2D eigenvalue weighted by atomic mass is 16.5. The monoisotopic (exact) mass is 413 g/mol. The molecule has 1 unspecified atom stereocenters. The minimum atomic E-state index is -0.670. The van der Waals surface area contributed by atoms with Crippen molar-refractivity contribution in [2.75, 3.05) is 25.7 Å². The summed E-state index contributed by atoms with van der Waals surface area (Å²) in [6.45, 7) is 2.85. The molecule has 1 aliphatic rings. The maximum atomic E-state index is 13.2. The molecular weight excluding hydrogens is 390 g/mol. The normalized spacial score (nSPS) is 15.9. The van der Waals surface area contributed by atoms with Crippen molar-refractivity contribution in [1.82, 2.24) is 18.7 Å². The van der Waals surface area contributed by atoms with Crippen LogP contribution in [0.2, 0.25) is 0 Å². The maximum Gasteiger partial charge on any atom is 0.333 e. The summed E-state index contributed by atoms with van der Waals surface area (Å²) in [7, 11) is 4.35. The summed E-state index contributed by atoms with van der Waals surface area (Å²) in [5, 5.41) is 0. The molecule has 0 N–H and O–H groups in total. The first-order valence-corrected chi connectivity index (χ1v) is 9.54. The average molecular weight is 413 g/mol. The molecule has 1 aliphatic heterocycles. The standard InChI is InChI=1S/C20H23N5O5/c1-12-9-23(13-7-5-6-8-14(13)29-3)19-21-17-16(24(19)10-12)18(27)25(11-15(26)30-4)20(28)22(17)2/h5-8,12H,9-11H2,1-4H3. The number of benzene rings is 1. The van der Waals surface area contributed by atoms with Gasteiger partial charge in [0.2, 0.25) is 5.95 Å². The third-order valence-electron chi connectivity index (χ3n) is 5.33. The van der Waals surface area contributed by atoms with Gasteiger partial charge < -0.3 is 18.9 Å². The van der Waals surface area contributed by atoms with Crippen LogP contribution in [-0.2, 0) is 29.7 Å². The van der Waals surface area contributed by atoms with Gasteiger partial charge in [0, 0.05) is 20.1 Å². The molecule has 3 heterocycles. The molecule has 0 fully saturated rings. The fourth-order valence-electron chi connectivity index (χ4n) is 3.89. The van der Waals surface area contributed by atoms with Gasteiger partial charge in [-0.1, -0.05) is 19.1 Å². The summed E-state index contributed by atoms with van der Waals surface area (Å²) < 4.78 is 14.1. The van der Waals surface area contributed by atoms with Gasteiger partial charge in [-0.3, -0.25) is 14.2 Å². The second kappa shape index (κ2) is 7.36. The number of nitrogens with zero attached hydrogens (tertiary/aromatic N) is 5. The summed E-state index contributed by atoms with van der Waals surface area (Å²) in [6, 6.07) is 7.58. The quantitative estimate of drug-likeness (QED) is 0.585. The molecule has 158 valence electrons. The lowest BCUT2D eigenvalue weighted by molar-refractivity contribution is -0.141. The van der Waals surface area contributed by atoms with Crippen molar-refractivity contribution in [1.29, 1.82) is 0 Å². The van der Waals surface area contributed by atoms with E-state index in [1.807, 2.05) is 33.7 Å². The number of rotatable bonds is 4. The van der Waals surface area contributed by atoms with E-state index in [1.54, 1.807) is 7.11 Å². The van der Waals surface area contributed by atoms with E-state index in [9.17, 15) is 14.4 Å². The van der Waals surface area contributed by atoms with E-state index in [1.165, 1.54) is 18.7 Å². The van der Waals surface area contributed by atoms with E-state index < -0.39 is 23.8 Å². The second-order valence-corrected chi connectivity index (χ2v) is 7.39. The molecule has 4 rings (SSSR count). The van der Waals surface area contributed by atoms with Crippen molar-refractivity contribution in [3.8, 4) is 5.75 Å². The van der Waals surface area contributed by atoms with Gasteiger partial charge in [-0.2, -0.15) is 4.98 Å². The van der Waals surface area contributed by atoms with Crippen molar-refractivity contribution in [2.24, 2.45) is 13.0 Å². The Bertz CT molecular complexity index is 1250. The molecule has 0 spiro atoms. The van der Waals surface area contributed by atoms with E-state index in [-0.39, 0.29) is 17.1 Å². The highest BCUT2D eigenvalue weighted by molar-refractivity contribution is 5.78. The first-order chi connectivity index (χ1) is 14.4. The zero-order chi connectivity index (χ0) is 21.6. The molecule has 0 radical (unpaired) electrons. The van der Waals surface area contributed by atoms with Gasteiger partial charge in [0.25, 0.3) is 5.56 Å². The summed E-state index contributed by atoms with van der Waals surface area (Å²) in [5.41, 5.74) is 0.192. The lowest BCUT2D eigenvalue weighted by Gasteiger charge is -2.33. The molecule has 10 nitrogen and oxygen atoms in total. The minimum absolute atomic E-state index is 0.200. The topological polar surface area (TPSA) is 101 Å². The van der Waals surface area contributed by atoms with E-state index in [2.05, 4.69) is 16.6 Å². The van der Waals surface area contributed by atoms with E-state index >= 15 is 0 Å². The fourth-order valence-corrected chi connectivity index (χ4v) is 3.89. The highest BCUT2D eigenvalue weighted by Gasteiger charge is 2.31. The number of aromatic nitrogens is 4. The molecule has 2 aromatic heterocycles. The number of carbonyl (C=O) groups is 1. The number of hydrogen-bond donors (Lipinski definition) is 0. The largest absolute Gasteiger partial charge is 0.495 e. The van der Waals surface area contributed by atoms with Crippen LogP contribution < -0.4 is 20.9 Å². The number of imidazole rings is 1. The van der Waals surface area contributed by atoms with Crippen molar-refractivity contribution in [3.05, 3.63) is 45.1 Å². The van der Waals surface area contributed by atoms with Gasteiger partial charge in [-0.25, -0.2) is 9.36 Å². The number of fused-ring (bicyclic) bond motifs is 3. The van der Waals surface area contributed by atoms with Crippen molar-refractivity contribution < 1.29 is 14.3 Å². The van der Waals surface area contributed by atoms with Gasteiger partial charge in [0.05, 0.1) is 19.9 Å². The number of methoxy groups -OCH3 is 2. The number of para-hydroxylation sites is 2. The summed E-state index contributed by atoms with van der Waals surface area (Å²) in [5.74, 6) is 0.763. The third kappa shape index (κ3) is 2.95. The molecule has 0 saturated carbocycles. The molecule has 3 aromatic rings. The van der Waals surface area contributed by atoms with Gasteiger partial charge in [-0.05, 0) is 18.1 Å². The number of aryl methyl sites for hydroxylation is 1. The minimum Gasteiger partial charge on any atom is -0.495 e. The smallest absolute Gasteiger partial charge is 0.333 e. The molecule has 10 heteroatoms. The molecular formula is C20H23N5O5. The Hall–Kier alpha value is -3.56. The Morgan fingerprint density at radius 3 is 2.63 bits per heavy atom. The third-order valence-corrected chi connectivity index (χ3v) is 5.33. The first-order valence-electron chi connectivity index (χ1n) is 9.54. The molecule has 0 bridgehead atoms. The number of anilines is 2. The van der Waals surface area contributed by atoms with Crippen LogP contribution in [0.5, 0.6) is 5.75 Å². The van der Waals surface area contributed by atoms with Crippen molar-refractivity contribution in [2.45, 2.75) is 20.0 Å². The van der Waals surface area contributed by atoms with E-state index in [0.29, 0.717) is 24.8 Å². The molecule has 1 aromatic carbocycles. The van der Waals surface area contributed by atoms with Crippen molar-refractivity contribution >= 4 is 28.8 Å². The van der Waals surface area contributed by atoms with Gasteiger partial charge in [-0.15, -0.1) is 0 Å². The number of ether oxygens (including phenoxy) is 2. The zero-order valence-corrected chi connectivity index (χ0v) is 17.3. The maximum absolute atomic E-state index is 13.2. The van der Waals surface area contributed by atoms with Gasteiger partial charge in [0.1, 0.15) is 12.3 Å². The Balaban J connectivity index is 2.00. The summed E-state index contributed by atoms with van der Waals surface area (Å²) >= 11 is 0. The number of carbonyl (C=O) groups excluding carboxylic acids is 1. The average Bonchev–Trinajstić information content (AvgIpc) is 3.13. The van der Waals surface area contributed by atoms with Crippen LogP contribution in [0, 0.1) is 5.92 Å². The number of hydrogen-bond acceptors (Lipinski definition) is 7.